The molecule has 0 fully saturated rings. The topological polar surface area (TPSA) is 101 Å². The van der Waals surface area contributed by atoms with Crippen molar-refractivity contribution in [1.29, 1.82) is 0 Å². The number of methoxy groups -OCH3 is 1. The van der Waals surface area contributed by atoms with Crippen molar-refractivity contribution in [3.8, 4) is 5.75 Å². The van der Waals surface area contributed by atoms with Gasteiger partial charge >= 0.3 is 0 Å². The van der Waals surface area contributed by atoms with Crippen molar-refractivity contribution < 1.29 is 13.2 Å². The van der Waals surface area contributed by atoms with Gasteiger partial charge in [-0.3, -0.25) is 9.40 Å². The van der Waals surface area contributed by atoms with Crippen molar-refractivity contribution in [2.24, 2.45) is 5.73 Å². The molecule has 0 spiro atoms. The van der Waals surface area contributed by atoms with Gasteiger partial charge in [-0.2, -0.15) is 13.5 Å². The molecule has 0 atom stereocenters. The fourth-order valence-corrected chi connectivity index (χ4v) is 3.28. The first-order valence-corrected chi connectivity index (χ1v) is 7.90. The fourth-order valence-electron chi connectivity index (χ4n) is 1.88. The minimum absolute atomic E-state index is 0.0512. The van der Waals surface area contributed by atoms with Crippen LogP contribution in [0.2, 0.25) is 0 Å². The Morgan fingerprint density at radius 1 is 1.29 bits per heavy atom. The number of anilines is 1. The lowest BCUT2D eigenvalue weighted by molar-refractivity contribution is 0.415. The Hall–Kier alpha value is -2.06. The Bertz CT molecular complexity index is 653. The normalized spacial score (nSPS) is 11.3. The predicted molar refractivity (Wildman–Crippen MR) is 79.8 cm³/mol. The highest BCUT2D eigenvalue weighted by atomic mass is 32.2. The Labute approximate surface area is 123 Å². The molecule has 8 heteroatoms. The summed E-state index contributed by atoms with van der Waals surface area (Å²) in [5, 5.41) is 6.24. The van der Waals surface area contributed by atoms with Gasteiger partial charge in [0, 0.05) is 6.54 Å². The van der Waals surface area contributed by atoms with Crippen molar-refractivity contribution >= 4 is 15.7 Å². The molecule has 0 aliphatic rings. The summed E-state index contributed by atoms with van der Waals surface area (Å²) in [6, 6.07) is 8.25. The minimum Gasteiger partial charge on any atom is -0.497 e. The zero-order valence-electron chi connectivity index (χ0n) is 11.7. The van der Waals surface area contributed by atoms with Crippen LogP contribution in [0.4, 0.5) is 5.69 Å². The van der Waals surface area contributed by atoms with Crippen molar-refractivity contribution in [2.75, 3.05) is 24.5 Å². The number of nitrogens with one attached hydrogen (secondary N) is 1. The van der Waals surface area contributed by atoms with Gasteiger partial charge < -0.3 is 10.5 Å². The molecule has 0 saturated heterocycles. The van der Waals surface area contributed by atoms with Crippen LogP contribution in [-0.4, -0.2) is 38.8 Å². The molecule has 0 aliphatic carbocycles. The Morgan fingerprint density at radius 2 is 2.00 bits per heavy atom. The number of hydrogen-bond donors (Lipinski definition) is 2. The first-order chi connectivity index (χ1) is 10.1. The summed E-state index contributed by atoms with van der Waals surface area (Å²) in [6.07, 6.45) is 1.96. The van der Waals surface area contributed by atoms with E-state index in [-0.39, 0.29) is 5.03 Å². The SMILES string of the molecule is COc1ccc(N(CCCN)S(=O)(=O)c2ccn[nH]2)cc1. The number of ether oxygens (including phenoxy) is 1. The highest BCUT2D eigenvalue weighted by molar-refractivity contribution is 7.92. The van der Waals surface area contributed by atoms with Gasteiger partial charge in [-0.05, 0) is 43.3 Å². The number of benzene rings is 1. The minimum atomic E-state index is -3.68. The lowest BCUT2D eigenvalue weighted by atomic mass is 10.3. The molecular formula is C13H18N4O3S. The molecule has 1 heterocycles. The van der Waals surface area contributed by atoms with Gasteiger partial charge in [0.25, 0.3) is 10.0 Å². The number of rotatable bonds is 7. The van der Waals surface area contributed by atoms with Gasteiger partial charge in [-0.25, -0.2) is 0 Å². The predicted octanol–water partition coefficient (Wildman–Crippen LogP) is 0.962. The average molecular weight is 310 g/mol. The first-order valence-electron chi connectivity index (χ1n) is 6.46. The highest BCUT2D eigenvalue weighted by Crippen LogP contribution is 2.25. The zero-order valence-corrected chi connectivity index (χ0v) is 12.5. The third-order valence-electron chi connectivity index (χ3n) is 2.97. The molecular weight excluding hydrogens is 292 g/mol. The summed E-state index contributed by atoms with van der Waals surface area (Å²) in [4.78, 5) is 0. The molecule has 0 saturated carbocycles. The van der Waals surface area contributed by atoms with E-state index in [2.05, 4.69) is 10.2 Å². The summed E-state index contributed by atoms with van der Waals surface area (Å²) >= 11 is 0. The molecule has 0 radical (unpaired) electrons. The second-order valence-corrected chi connectivity index (χ2v) is 6.17. The lowest BCUT2D eigenvalue weighted by Crippen LogP contribution is -2.33. The number of H-pyrrole nitrogens is 1. The van der Waals surface area contributed by atoms with Gasteiger partial charge in [0.15, 0.2) is 5.03 Å². The first kappa shape index (κ1) is 15.3. The second kappa shape index (κ2) is 6.59. The maximum Gasteiger partial charge on any atom is 0.281 e. The highest BCUT2D eigenvalue weighted by Gasteiger charge is 2.25. The van der Waals surface area contributed by atoms with Gasteiger partial charge in [0.05, 0.1) is 19.0 Å². The van der Waals surface area contributed by atoms with E-state index in [9.17, 15) is 8.42 Å². The third kappa shape index (κ3) is 3.34. The molecule has 0 aliphatic heterocycles. The van der Waals surface area contributed by atoms with Crippen LogP contribution in [0.25, 0.3) is 0 Å². The van der Waals surface area contributed by atoms with E-state index in [0.717, 1.165) is 0 Å². The van der Waals surface area contributed by atoms with E-state index in [0.29, 0.717) is 30.9 Å². The summed E-state index contributed by atoms with van der Waals surface area (Å²) in [5.41, 5.74) is 6.06. The van der Waals surface area contributed by atoms with Crippen LogP contribution < -0.4 is 14.8 Å². The van der Waals surface area contributed by atoms with Crippen LogP contribution in [0.5, 0.6) is 5.75 Å². The van der Waals surface area contributed by atoms with Gasteiger partial charge in [0.1, 0.15) is 5.75 Å². The van der Waals surface area contributed by atoms with Crippen LogP contribution in [0.3, 0.4) is 0 Å². The number of nitrogens with two attached hydrogens (primary N) is 1. The van der Waals surface area contributed by atoms with Gasteiger partial charge in [-0.15, -0.1) is 0 Å². The van der Waals surface area contributed by atoms with E-state index in [4.69, 9.17) is 10.5 Å². The quantitative estimate of drug-likeness (QED) is 0.793. The Kier molecular flexibility index (Phi) is 4.81. The lowest BCUT2D eigenvalue weighted by Gasteiger charge is -2.23. The Balaban J connectivity index is 2.37. The summed E-state index contributed by atoms with van der Waals surface area (Å²) in [7, 11) is -2.13. The molecule has 2 rings (SSSR count). The largest absolute Gasteiger partial charge is 0.497 e. The van der Waals surface area contributed by atoms with Gasteiger partial charge in [0.2, 0.25) is 0 Å². The fraction of sp³-hybridized carbons (Fsp3) is 0.308. The van der Waals surface area contributed by atoms with E-state index >= 15 is 0 Å². The third-order valence-corrected chi connectivity index (χ3v) is 4.73. The van der Waals surface area contributed by atoms with Crippen molar-refractivity contribution in [3.63, 3.8) is 0 Å². The zero-order chi connectivity index (χ0) is 15.3. The second-order valence-electron chi connectivity index (χ2n) is 4.34. The maximum absolute atomic E-state index is 12.6. The standard InChI is InChI=1S/C13H18N4O3S/c1-20-12-5-3-11(4-6-12)17(10-2-8-14)21(18,19)13-7-9-15-16-13/h3-7,9H,2,8,10,14H2,1H3,(H,15,16). The number of hydrogen-bond acceptors (Lipinski definition) is 5. The van der Waals surface area contributed by atoms with Crippen LogP contribution in [0.1, 0.15) is 6.42 Å². The summed E-state index contributed by atoms with van der Waals surface area (Å²) < 4.78 is 31.7. The van der Waals surface area contributed by atoms with Crippen LogP contribution in [0, 0.1) is 0 Å². The van der Waals surface area contributed by atoms with Gasteiger partial charge in [-0.1, -0.05) is 0 Å². The van der Waals surface area contributed by atoms with Crippen LogP contribution in [-0.2, 0) is 10.0 Å². The molecule has 1 aromatic carbocycles. The average Bonchev–Trinajstić information content (AvgIpc) is 3.03. The van der Waals surface area contributed by atoms with E-state index in [1.54, 1.807) is 31.4 Å². The maximum atomic E-state index is 12.6. The smallest absolute Gasteiger partial charge is 0.281 e. The molecule has 0 amide bonds. The molecule has 7 nitrogen and oxygen atoms in total. The molecule has 3 N–H and O–H groups in total. The number of aromatic nitrogens is 2. The van der Waals surface area contributed by atoms with Crippen molar-refractivity contribution in [3.05, 3.63) is 36.5 Å². The van der Waals surface area contributed by atoms with Crippen LogP contribution >= 0.6 is 0 Å². The number of aromatic amines is 1. The summed E-state index contributed by atoms with van der Waals surface area (Å²) in [5.74, 6) is 0.663. The Morgan fingerprint density at radius 3 is 2.52 bits per heavy atom. The molecule has 0 bridgehead atoms. The van der Waals surface area contributed by atoms with E-state index in [1.807, 2.05) is 0 Å². The van der Waals surface area contributed by atoms with Crippen LogP contribution in [0.15, 0.2) is 41.6 Å². The summed E-state index contributed by atoms with van der Waals surface area (Å²) in [6.45, 7) is 0.704. The van der Waals surface area contributed by atoms with Crippen molar-refractivity contribution in [2.45, 2.75) is 11.4 Å². The molecule has 0 unspecified atom stereocenters. The molecule has 114 valence electrons. The monoisotopic (exact) mass is 310 g/mol. The van der Waals surface area contributed by atoms with E-state index in [1.165, 1.54) is 16.6 Å². The van der Waals surface area contributed by atoms with Crippen molar-refractivity contribution in [1.82, 2.24) is 10.2 Å². The molecule has 21 heavy (non-hydrogen) atoms. The number of sulfonamides is 1. The van der Waals surface area contributed by atoms with E-state index < -0.39 is 10.0 Å². The number of nitrogens with zero attached hydrogens (tertiary/aromatic N) is 2. The molecule has 1 aromatic heterocycles. The molecule has 2 aromatic rings.